The van der Waals surface area contributed by atoms with Gasteiger partial charge in [0.15, 0.2) is 0 Å². The Kier molecular flexibility index (Phi) is 4.54. The van der Waals surface area contributed by atoms with Gasteiger partial charge in [-0.25, -0.2) is 0 Å². The van der Waals surface area contributed by atoms with Crippen molar-refractivity contribution in [2.24, 2.45) is 0 Å². The Hall–Kier alpha value is -1.85. The van der Waals surface area contributed by atoms with Gasteiger partial charge < -0.3 is 15.2 Å². The number of aromatic amines is 1. The molecule has 0 aliphatic rings. The Bertz CT molecular complexity index is 508. The van der Waals surface area contributed by atoms with Crippen molar-refractivity contribution >= 4 is 0 Å². The second-order valence-corrected chi connectivity index (χ2v) is 4.44. The van der Waals surface area contributed by atoms with E-state index in [1.807, 2.05) is 31.2 Å². The molecule has 19 heavy (non-hydrogen) atoms. The highest BCUT2D eigenvalue weighted by Gasteiger charge is 2.07. The smallest absolute Gasteiger partial charge is 0.118 e. The first-order valence-corrected chi connectivity index (χ1v) is 6.22. The highest BCUT2D eigenvalue weighted by Crippen LogP contribution is 2.17. The predicted octanol–water partition coefficient (Wildman–Crippen LogP) is 1.55. The highest BCUT2D eigenvalue weighted by atomic mass is 16.5. The maximum Gasteiger partial charge on any atom is 0.118 e. The number of aliphatic hydroxyl groups is 1. The fourth-order valence-electron chi connectivity index (χ4n) is 1.84. The number of ether oxygens (including phenoxy) is 1. The topological polar surface area (TPSA) is 70.2 Å². The number of nitrogens with zero attached hydrogens (tertiary/aromatic N) is 1. The second kappa shape index (κ2) is 6.36. The SMILES string of the molecule is COc1ccc([C@@H](O)CNCc2cn[nH]c2C)cc1. The summed E-state index contributed by atoms with van der Waals surface area (Å²) in [6.07, 6.45) is 1.26. The van der Waals surface area contributed by atoms with Gasteiger partial charge >= 0.3 is 0 Å². The van der Waals surface area contributed by atoms with Crippen molar-refractivity contribution < 1.29 is 9.84 Å². The standard InChI is InChI=1S/C14H19N3O2/c1-10-12(8-16-17-10)7-15-9-14(18)11-3-5-13(19-2)6-4-11/h3-6,8,14-15,18H,7,9H2,1-2H3,(H,16,17)/t14-/m0/s1. The van der Waals surface area contributed by atoms with Crippen molar-refractivity contribution in [3.05, 3.63) is 47.3 Å². The molecule has 0 radical (unpaired) electrons. The van der Waals surface area contributed by atoms with Gasteiger partial charge in [0.25, 0.3) is 0 Å². The molecular weight excluding hydrogens is 242 g/mol. The summed E-state index contributed by atoms with van der Waals surface area (Å²) in [4.78, 5) is 0. The summed E-state index contributed by atoms with van der Waals surface area (Å²) in [5, 5.41) is 20.1. The number of nitrogens with one attached hydrogen (secondary N) is 2. The lowest BCUT2D eigenvalue weighted by Gasteiger charge is -2.12. The summed E-state index contributed by atoms with van der Waals surface area (Å²) >= 11 is 0. The molecule has 2 rings (SSSR count). The molecule has 1 atom stereocenters. The van der Waals surface area contributed by atoms with Gasteiger partial charge in [-0.3, -0.25) is 5.10 Å². The molecule has 1 heterocycles. The van der Waals surface area contributed by atoms with Crippen LogP contribution in [-0.2, 0) is 6.54 Å². The zero-order valence-corrected chi connectivity index (χ0v) is 11.2. The van der Waals surface area contributed by atoms with Crippen LogP contribution in [0.15, 0.2) is 30.5 Å². The molecule has 0 saturated carbocycles. The van der Waals surface area contributed by atoms with Crippen molar-refractivity contribution in [1.82, 2.24) is 15.5 Å². The number of aryl methyl sites for hydroxylation is 1. The lowest BCUT2D eigenvalue weighted by atomic mass is 10.1. The van der Waals surface area contributed by atoms with Crippen LogP contribution in [0.5, 0.6) is 5.75 Å². The first kappa shape index (κ1) is 13.6. The van der Waals surface area contributed by atoms with Crippen LogP contribution in [0.2, 0.25) is 0 Å². The molecule has 1 aromatic heterocycles. The first-order valence-electron chi connectivity index (χ1n) is 6.22. The van der Waals surface area contributed by atoms with Crippen LogP contribution in [0.4, 0.5) is 0 Å². The number of aliphatic hydroxyl groups excluding tert-OH is 1. The number of rotatable bonds is 6. The molecule has 0 unspecified atom stereocenters. The highest BCUT2D eigenvalue weighted by molar-refractivity contribution is 5.28. The molecular formula is C14H19N3O2. The summed E-state index contributed by atoms with van der Waals surface area (Å²) in [5.41, 5.74) is 3.03. The third-order valence-corrected chi connectivity index (χ3v) is 3.09. The van der Waals surface area contributed by atoms with Gasteiger partial charge in [0, 0.05) is 24.3 Å². The Balaban J connectivity index is 1.83. The lowest BCUT2D eigenvalue weighted by molar-refractivity contribution is 0.174. The van der Waals surface area contributed by atoms with E-state index < -0.39 is 6.10 Å². The summed E-state index contributed by atoms with van der Waals surface area (Å²) in [7, 11) is 1.63. The van der Waals surface area contributed by atoms with E-state index in [-0.39, 0.29) is 0 Å². The summed E-state index contributed by atoms with van der Waals surface area (Å²) in [6.45, 7) is 3.16. The van der Waals surface area contributed by atoms with Crippen LogP contribution in [0.1, 0.15) is 22.9 Å². The molecule has 0 aliphatic heterocycles. The van der Waals surface area contributed by atoms with Crippen molar-refractivity contribution in [2.75, 3.05) is 13.7 Å². The maximum absolute atomic E-state index is 10.1. The molecule has 0 saturated heterocycles. The van der Waals surface area contributed by atoms with Gasteiger partial charge in [0.1, 0.15) is 5.75 Å². The lowest BCUT2D eigenvalue weighted by Crippen LogP contribution is -2.21. The molecule has 0 fully saturated rings. The van der Waals surface area contributed by atoms with Crippen LogP contribution in [0.3, 0.4) is 0 Å². The average Bonchev–Trinajstić information content (AvgIpc) is 2.84. The molecule has 0 aliphatic carbocycles. The summed E-state index contributed by atoms with van der Waals surface area (Å²) < 4.78 is 5.08. The number of benzene rings is 1. The first-order chi connectivity index (χ1) is 9.20. The van der Waals surface area contributed by atoms with Gasteiger partial charge in [0.2, 0.25) is 0 Å². The minimum atomic E-state index is -0.530. The largest absolute Gasteiger partial charge is 0.497 e. The van der Waals surface area contributed by atoms with Crippen LogP contribution < -0.4 is 10.1 Å². The van der Waals surface area contributed by atoms with Crippen LogP contribution >= 0.6 is 0 Å². The predicted molar refractivity (Wildman–Crippen MR) is 73.0 cm³/mol. The fraction of sp³-hybridized carbons (Fsp3) is 0.357. The van der Waals surface area contributed by atoms with E-state index in [1.165, 1.54) is 0 Å². The van der Waals surface area contributed by atoms with E-state index in [2.05, 4.69) is 15.5 Å². The Morgan fingerprint density at radius 2 is 2.11 bits per heavy atom. The minimum Gasteiger partial charge on any atom is -0.497 e. The zero-order valence-electron chi connectivity index (χ0n) is 11.2. The summed E-state index contributed by atoms with van der Waals surface area (Å²) in [5.74, 6) is 0.790. The molecule has 0 bridgehead atoms. The van der Waals surface area contributed by atoms with Crippen LogP contribution in [-0.4, -0.2) is 29.0 Å². The minimum absolute atomic E-state index is 0.497. The number of hydrogen-bond donors (Lipinski definition) is 3. The zero-order chi connectivity index (χ0) is 13.7. The molecule has 5 nitrogen and oxygen atoms in total. The van der Waals surface area contributed by atoms with E-state index in [9.17, 15) is 5.11 Å². The van der Waals surface area contributed by atoms with Gasteiger partial charge in [-0.2, -0.15) is 5.10 Å². The third kappa shape index (κ3) is 3.56. The summed E-state index contributed by atoms with van der Waals surface area (Å²) in [6, 6.07) is 7.43. The quantitative estimate of drug-likeness (QED) is 0.738. The molecule has 3 N–H and O–H groups in total. The third-order valence-electron chi connectivity index (χ3n) is 3.09. The van der Waals surface area contributed by atoms with Crippen LogP contribution in [0.25, 0.3) is 0 Å². The van der Waals surface area contributed by atoms with Gasteiger partial charge in [-0.05, 0) is 24.6 Å². The maximum atomic E-state index is 10.1. The van der Waals surface area contributed by atoms with Gasteiger partial charge in [-0.15, -0.1) is 0 Å². The van der Waals surface area contributed by atoms with Crippen LogP contribution in [0, 0.1) is 6.92 Å². The molecule has 2 aromatic rings. The average molecular weight is 261 g/mol. The monoisotopic (exact) mass is 261 g/mol. The normalized spacial score (nSPS) is 12.4. The molecule has 102 valence electrons. The van der Waals surface area contributed by atoms with Gasteiger partial charge in [0.05, 0.1) is 19.4 Å². The Morgan fingerprint density at radius 3 is 2.68 bits per heavy atom. The van der Waals surface area contributed by atoms with E-state index in [0.717, 1.165) is 22.6 Å². The fourth-order valence-corrected chi connectivity index (χ4v) is 1.84. The molecule has 0 spiro atoms. The number of aromatic nitrogens is 2. The second-order valence-electron chi connectivity index (χ2n) is 4.44. The number of methoxy groups -OCH3 is 1. The molecule has 0 amide bonds. The van der Waals surface area contributed by atoms with E-state index in [0.29, 0.717) is 13.1 Å². The van der Waals surface area contributed by atoms with E-state index >= 15 is 0 Å². The Labute approximate surface area is 112 Å². The number of hydrogen-bond acceptors (Lipinski definition) is 4. The van der Waals surface area contributed by atoms with Crippen molar-refractivity contribution in [3.8, 4) is 5.75 Å². The van der Waals surface area contributed by atoms with Gasteiger partial charge in [-0.1, -0.05) is 12.1 Å². The molecule has 5 heteroatoms. The number of H-pyrrole nitrogens is 1. The Morgan fingerprint density at radius 1 is 1.37 bits per heavy atom. The molecule has 1 aromatic carbocycles. The van der Waals surface area contributed by atoms with Crippen molar-refractivity contribution in [2.45, 2.75) is 19.6 Å². The van der Waals surface area contributed by atoms with E-state index in [4.69, 9.17) is 4.74 Å². The van der Waals surface area contributed by atoms with Crippen molar-refractivity contribution in [1.29, 1.82) is 0 Å². The van der Waals surface area contributed by atoms with Crippen molar-refractivity contribution in [3.63, 3.8) is 0 Å². The van der Waals surface area contributed by atoms with E-state index in [1.54, 1.807) is 13.3 Å².